The number of benzene rings is 2. The predicted octanol–water partition coefficient (Wildman–Crippen LogP) is 6.35. The van der Waals surface area contributed by atoms with Crippen LogP contribution in [0.2, 0.25) is 0 Å². The highest BCUT2D eigenvalue weighted by Crippen LogP contribution is 2.40. The molecule has 0 fully saturated rings. The Hall–Kier alpha value is -3.34. The van der Waals surface area contributed by atoms with Crippen molar-refractivity contribution in [2.45, 2.75) is 32.2 Å². The van der Waals surface area contributed by atoms with Crippen LogP contribution in [0.25, 0.3) is 11.3 Å². The number of halogens is 6. The van der Waals surface area contributed by atoms with Gasteiger partial charge in [-0.25, -0.2) is 4.98 Å². The molecule has 0 amide bonds. The third kappa shape index (κ3) is 6.16. The van der Waals surface area contributed by atoms with Crippen LogP contribution in [-0.2, 0) is 12.4 Å². The first-order chi connectivity index (χ1) is 15.9. The van der Waals surface area contributed by atoms with E-state index in [0.29, 0.717) is 23.4 Å². The fraction of sp³-hybridized carbons (Fsp3) is 0.304. The third-order valence-electron chi connectivity index (χ3n) is 5.03. The van der Waals surface area contributed by atoms with Gasteiger partial charge in [-0.05, 0) is 24.1 Å². The molecule has 0 spiro atoms. The van der Waals surface area contributed by atoms with Gasteiger partial charge in [0.25, 0.3) is 0 Å². The lowest BCUT2D eigenvalue weighted by atomic mass is 10.1. The Morgan fingerprint density at radius 2 is 1.56 bits per heavy atom. The molecule has 11 heteroatoms. The van der Waals surface area contributed by atoms with E-state index in [-0.39, 0.29) is 30.4 Å². The van der Waals surface area contributed by atoms with Crippen LogP contribution in [0.3, 0.4) is 0 Å². The monoisotopic (exact) mass is 484 g/mol. The Bertz CT molecular complexity index is 1120. The first-order valence-corrected chi connectivity index (χ1v) is 10.3. The lowest BCUT2D eigenvalue weighted by molar-refractivity contribution is -0.142. The predicted molar refractivity (Wildman–Crippen MR) is 117 cm³/mol. The van der Waals surface area contributed by atoms with E-state index in [1.54, 1.807) is 30.3 Å². The van der Waals surface area contributed by atoms with Crippen LogP contribution in [0, 0.1) is 5.92 Å². The molecular formula is C23H22F6N4O. The molecule has 34 heavy (non-hydrogen) atoms. The zero-order valence-electron chi connectivity index (χ0n) is 18.2. The molecule has 0 saturated carbocycles. The van der Waals surface area contributed by atoms with Crippen LogP contribution in [0.1, 0.15) is 25.0 Å². The molecule has 0 saturated heterocycles. The lowest BCUT2D eigenvalue weighted by Crippen LogP contribution is -2.30. The zero-order chi connectivity index (χ0) is 25.1. The standard InChI is InChI=1S/C23H22F6N4O/c1-13(2)19(12-34)32-21-31-18(14-6-4-3-5-7-14)11-20(33-21)30-17-9-8-15(22(24,25)26)10-16(17)23(27,28)29/h3-11,13,19,34H,12H2,1-2H3,(H2,30,31,32,33)/t19-/m1/s1. The smallest absolute Gasteiger partial charge is 0.394 e. The SMILES string of the molecule is CC(C)[C@@H](CO)Nc1nc(Nc2ccc(C(F)(F)F)cc2C(F)(F)F)cc(-c2ccccc2)n1. The average Bonchev–Trinajstić information content (AvgIpc) is 2.76. The Kier molecular flexibility index (Phi) is 7.35. The summed E-state index contributed by atoms with van der Waals surface area (Å²) in [6.45, 7) is 3.47. The first-order valence-electron chi connectivity index (χ1n) is 10.3. The molecule has 0 bridgehead atoms. The fourth-order valence-corrected chi connectivity index (χ4v) is 3.12. The summed E-state index contributed by atoms with van der Waals surface area (Å²) in [5.41, 5.74) is -2.48. The van der Waals surface area contributed by atoms with Gasteiger partial charge in [0, 0.05) is 11.6 Å². The normalized spacial score (nSPS) is 13.1. The number of anilines is 3. The van der Waals surface area contributed by atoms with Crippen molar-refractivity contribution in [2.24, 2.45) is 5.92 Å². The zero-order valence-corrected chi connectivity index (χ0v) is 18.2. The maximum atomic E-state index is 13.6. The molecule has 0 radical (unpaired) electrons. The molecule has 0 aliphatic heterocycles. The number of aromatic nitrogens is 2. The van der Waals surface area contributed by atoms with Crippen molar-refractivity contribution < 1.29 is 31.4 Å². The molecule has 1 aromatic heterocycles. The number of nitrogens with one attached hydrogen (secondary N) is 2. The van der Waals surface area contributed by atoms with Gasteiger partial charge in [-0.1, -0.05) is 44.2 Å². The minimum atomic E-state index is -5.04. The van der Waals surface area contributed by atoms with Gasteiger partial charge < -0.3 is 15.7 Å². The lowest BCUT2D eigenvalue weighted by Gasteiger charge is -2.21. The summed E-state index contributed by atoms with van der Waals surface area (Å²) in [7, 11) is 0. The van der Waals surface area contributed by atoms with Gasteiger partial charge in [-0.15, -0.1) is 0 Å². The number of hydrogen-bond donors (Lipinski definition) is 3. The van der Waals surface area contributed by atoms with Crippen molar-refractivity contribution >= 4 is 17.5 Å². The summed E-state index contributed by atoms with van der Waals surface area (Å²) in [5, 5.41) is 15.1. The highest BCUT2D eigenvalue weighted by atomic mass is 19.4. The summed E-state index contributed by atoms with van der Waals surface area (Å²) in [4.78, 5) is 8.57. The quantitative estimate of drug-likeness (QED) is 0.341. The van der Waals surface area contributed by atoms with Gasteiger partial charge in [0.15, 0.2) is 0 Å². The molecule has 2 aromatic carbocycles. The van der Waals surface area contributed by atoms with Crippen molar-refractivity contribution in [1.29, 1.82) is 0 Å². The molecule has 0 unspecified atom stereocenters. The summed E-state index contributed by atoms with van der Waals surface area (Å²) in [6.07, 6.45) is -9.97. The Labute approximate surface area is 191 Å². The molecule has 182 valence electrons. The molecule has 0 aliphatic carbocycles. The topological polar surface area (TPSA) is 70.1 Å². The molecule has 3 rings (SSSR count). The van der Waals surface area contributed by atoms with Crippen LogP contribution in [0.5, 0.6) is 0 Å². The van der Waals surface area contributed by atoms with E-state index in [0.717, 1.165) is 0 Å². The molecule has 3 aromatic rings. The molecule has 0 aliphatic rings. The van der Waals surface area contributed by atoms with Gasteiger partial charge >= 0.3 is 12.4 Å². The number of hydrogen-bond acceptors (Lipinski definition) is 5. The minimum Gasteiger partial charge on any atom is -0.394 e. The average molecular weight is 484 g/mol. The number of aliphatic hydroxyl groups excluding tert-OH is 1. The van der Waals surface area contributed by atoms with Crippen molar-refractivity contribution in [3.63, 3.8) is 0 Å². The van der Waals surface area contributed by atoms with E-state index < -0.39 is 35.2 Å². The molecule has 1 heterocycles. The number of rotatable bonds is 7. The van der Waals surface area contributed by atoms with Crippen molar-refractivity contribution in [2.75, 3.05) is 17.2 Å². The van der Waals surface area contributed by atoms with Gasteiger partial charge in [0.2, 0.25) is 5.95 Å². The van der Waals surface area contributed by atoms with E-state index in [9.17, 15) is 31.4 Å². The summed E-state index contributed by atoms with van der Waals surface area (Å²) in [5.74, 6) is -0.0451. The van der Waals surface area contributed by atoms with E-state index >= 15 is 0 Å². The number of alkyl halides is 6. The highest BCUT2D eigenvalue weighted by Gasteiger charge is 2.38. The fourth-order valence-electron chi connectivity index (χ4n) is 3.12. The van der Waals surface area contributed by atoms with Crippen LogP contribution >= 0.6 is 0 Å². The van der Waals surface area contributed by atoms with E-state index in [4.69, 9.17) is 0 Å². The summed E-state index contributed by atoms with van der Waals surface area (Å²) >= 11 is 0. The first kappa shape index (κ1) is 25.3. The number of nitrogens with zero attached hydrogens (tertiary/aromatic N) is 2. The molecule has 1 atom stereocenters. The molecule has 3 N–H and O–H groups in total. The van der Waals surface area contributed by atoms with E-state index in [1.807, 2.05) is 13.8 Å². The van der Waals surface area contributed by atoms with Crippen molar-refractivity contribution in [3.8, 4) is 11.3 Å². The third-order valence-corrected chi connectivity index (χ3v) is 5.03. The highest BCUT2D eigenvalue weighted by molar-refractivity contribution is 5.69. The summed E-state index contributed by atoms with van der Waals surface area (Å²) < 4.78 is 79.7. The minimum absolute atomic E-state index is 0.0165. The van der Waals surface area contributed by atoms with Gasteiger partial charge in [0.05, 0.1) is 35.2 Å². The summed E-state index contributed by atoms with van der Waals surface area (Å²) in [6, 6.07) is 11.0. The van der Waals surface area contributed by atoms with Crippen LogP contribution < -0.4 is 10.6 Å². The maximum Gasteiger partial charge on any atom is 0.418 e. The van der Waals surface area contributed by atoms with Crippen LogP contribution in [-0.4, -0.2) is 27.7 Å². The Morgan fingerprint density at radius 3 is 2.12 bits per heavy atom. The van der Waals surface area contributed by atoms with Crippen molar-refractivity contribution in [3.05, 3.63) is 65.7 Å². The van der Waals surface area contributed by atoms with E-state index in [2.05, 4.69) is 20.6 Å². The second-order valence-corrected chi connectivity index (χ2v) is 7.89. The van der Waals surface area contributed by atoms with Gasteiger partial charge in [-0.2, -0.15) is 31.3 Å². The maximum absolute atomic E-state index is 13.6. The van der Waals surface area contributed by atoms with Crippen LogP contribution in [0.4, 0.5) is 43.8 Å². The second-order valence-electron chi connectivity index (χ2n) is 7.89. The van der Waals surface area contributed by atoms with E-state index in [1.165, 1.54) is 6.07 Å². The van der Waals surface area contributed by atoms with Gasteiger partial charge in [-0.3, -0.25) is 0 Å². The number of aliphatic hydroxyl groups is 1. The molecular weight excluding hydrogens is 462 g/mol. The van der Waals surface area contributed by atoms with Crippen molar-refractivity contribution in [1.82, 2.24) is 9.97 Å². The van der Waals surface area contributed by atoms with Gasteiger partial charge in [0.1, 0.15) is 5.82 Å². The van der Waals surface area contributed by atoms with Crippen LogP contribution in [0.15, 0.2) is 54.6 Å². The Balaban J connectivity index is 2.08. The Morgan fingerprint density at radius 1 is 0.882 bits per heavy atom. The largest absolute Gasteiger partial charge is 0.418 e. The molecule has 5 nitrogen and oxygen atoms in total. The second kappa shape index (κ2) is 9.88.